The Morgan fingerprint density at radius 2 is 1.67 bits per heavy atom. The zero-order chi connectivity index (χ0) is 27.1. The summed E-state index contributed by atoms with van der Waals surface area (Å²) in [6, 6.07) is -4.70. The van der Waals surface area contributed by atoms with Crippen LogP contribution >= 0.6 is 11.8 Å². The summed E-state index contributed by atoms with van der Waals surface area (Å²) in [6.07, 6.45) is 5.71. The first-order valence-corrected chi connectivity index (χ1v) is 12.8. The number of hydrogen-bond donors (Lipinski definition) is 8. The summed E-state index contributed by atoms with van der Waals surface area (Å²) < 4.78 is 0. The number of amides is 4. The van der Waals surface area contributed by atoms with Crippen molar-refractivity contribution in [1.29, 1.82) is 0 Å². The topological polar surface area (TPSA) is 248 Å². The summed E-state index contributed by atoms with van der Waals surface area (Å²) in [5.41, 5.74) is 17.3. The van der Waals surface area contributed by atoms with Gasteiger partial charge in [-0.2, -0.15) is 11.8 Å². The van der Waals surface area contributed by atoms with Gasteiger partial charge in [-0.1, -0.05) is 0 Å². The highest BCUT2D eigenvalue weighted by Crippen LogP contribution is 2.07. The van der Waals surface area contributed by atoms with E-state index in [1.807, 2.05) is 6.26 Å². The van der Waals surface area contributed by atoms with E-state index in [4.69, 9.17) is 17.2 Å². The van der Waals surface area contributed by atoms with Gasteiger partial charge in [-0.05, 0) is 44.2 Å². The first-order valence-electron chi connectivity index (χ1n) is 11.4. The van der Waals surface area contributed by atoms with Crippen LogP contribution in [0.4, 0.5) is 0 Å². The maximum atomic E-state index is 13.0. The van der Waals surface area contributed by atoms with Gasteiger partial charge in [0.15, 0.2) is 0 Å². The SMILES string of the molecule is CSCCC(NC(=O)C(CCCCN)NC(=O)C(CC(N)=O)NC(=O)C(N)Cc1cnc[nH]1)C(=O)O. The van der Waals surface area contributed by atoms with Crippen molar-refractivity contribution in [1.82, 2.24) is 25.9 Å². The predicted octanol–water partition coefficient (Wildman–Crippen LogP) is -2.42. The summed E-state index contributed by atoms with van der Waals surface area (Å²) in [5.74, 6) is -3.79. The average molecular weight is 529 g/mol. The molecule has 36 heavy (non-hydrogen) atoms. The van der Waals surface area contributed by atoms with Gasteiger partial charge in [-0.15, -0.1) is 0 Å². The number of rotatable bonds is 18. The van der Waals surface area contributed by atoms with Crippen molar-refractivity contribution in [3.63, 3.8) is 0 Å². The van der Waals surface area contributed by atoms with E-state index in [0.717, 1.165) is 0 Å². The second-order valence-corrected chi connectivity index (χ2v) is 9.13. The van der Waals surface area contributed by atoms with Crippen LogP contribution in [0.2, 0.25) is 0 Å². The van der Waals surface area contributed by atoms with Gasteiger partial charge < -0.3 is 43.2 Å². The molecular weight excluding hydrogens is 492 g/mol. The Balaban J connectivity index is 2.93. The van der Waals surface area contributed by atoms with Crippen LogP contribution < -0.4 is 33.2 Å². The number of nitrogens with one attached hydrogen (secondary N) is 4. The summed E-state index contributed by atoms with van der Waals surface area (Å²) in [7, 11) is 0. The number of aromatic nitrogens is 2. The number of carboxylic acid groups (broad SMARTS) is 1. The van der Waals surface area contributed by atoms with Crippen LogP contribution in [0.25, 0.3) is 0 Å². The highest BCUT2D eigenvalue weighted by Gasteiger charge is 2.31. The molecule has 4 atom stereocenters. The first-order chi connectivity index (χ1) is 17.1. The number of carbonyl (C=O) groups excluding carboxylic acids is 4. The van der Waals surface area contributed by atoms with Crippen molar-refractivity contribution in [2.45, 2.75) is 62.7 Å². The number of hydrogen-bond acceptors (Lipinski definition) is 9. The lowest BCUT2D eigenvalue weighted by Crippen LogP contribution is -2.58. The van der Waals surface area contributed by atoms with E-state index in [-0.39, 0.29) is 19.3 Å². The van der Waals surface area contributed by atoms with Crippen LogP contribution in [0.15, 0.2) is 12.5 Å². The highest BCUT2D eigenvalue weighted by molar-refractivity contribution is 7.98. The maximum Gasteiger partial charge on any atom is 0.326 e. The molecule has 0 saturated carbocycles. The number of nitrogens with zero attached hydrogens (tertiary/aromatic N) is 1. The lowest BCUT2D eigenvalue weighted by atomic mass is 10.1. The second kappa shape index (κ2) is 16.5. The Bertz CT molecular complexity index is 869. The molecule has 0 aliphatic rings. The number of thioether (sulfide) groups is 1. The molecule has 0 aliphatic carbocycles. The standard InChI is InChI=1S/C21H36N8O6S/c1-36-7-5-15(21(34)35)28-19(32)14(4-2-3-6-22)27-20(33)16(9-17(24)30)29-18(31)13(23)8-12-10-25-11-26-12/h10-11,13-16H,2-9,22-23H2,1H3,(H2,24,30)(H,25,26)(H,27,33)(H,28,32)(H,29,31)(H,34,35). The minimum absolute atomic E-state index is 0.105. The summed E-state index contributed by atoms with van der Waals surface area (Å²) in [4.78, 5) is 68.1. The molecule has 1 aromatic heterocycles. The van der Waals surface area contributed by atoms with Gasteiger partial charge in [0.1, 0.15) is 18.1 Å². The van der Waals surface area contributed by atoms with E-state index in [0.29, 0.717) is 30.8 Å². The summed E-state index contributed by atoms with van der Waals surface area (Å²) in [6.45, 7) is 0.363. The Hall–Kier alpha value is -3.17. The number of nitrogens with two attached hydrogens (primary N) is 3. The molecule has 0 fully saturated rings. The molecule has 15 heteroatoms. The lowest BCUT2D eigenvalue weighted by molar-refractivity contribution is -0.142. The van der Waals surface area contributed by atoms with Crippen LogP contribution in [-0.2, 0) is 30.4 Å². The number of H-pyrrole nitrogens is 1. The van der Waals surface area contributed by atoms with Crippen LogP contribution in [0.3, 0.4) is 0 Å². The fraction of sp³-hybridized carbons (Fsp3) is 0.619. The van der Waals surface area contributed by atoms with E-state index >= 15 is 0 Å². The molecule has 0 bridgehead atoms. The van der Waals surface area contributed by atoms with Crippen LogP contribution in [0, 0.1) is 0 Å². The third-order valence-corrected chi connectivity index (χ3v) is 5.82. The molecule has 0 radical (unpaired) electrons. The summed E-state index contributed by atoms with van der Waals surface area (Å²) >= 11 is 1.43. The van der Waals surface area contributed by atoms with Crippen molar-refractivity contribution in [2.24, 2.45) is 17.2 Å². The molecule has 202 valence electrons. The Morgan fingerprint density at radius 1 is 1.03 bits per heavy atom. The van der Waals surface area contributed by atoms with Crippen LogP contribution in [0.5, 0.6) is 0 Å². The van der Waals surface area contributed by atoms with Gasteiger partial charge in [0.25, 0.3) is 0 Å². The number of carbonyl (C=O) groups is 5. The van der Waals surface area contributed by atoms with Gasteiger partial charge in [-0.3, -0.25) is 19.2 Å². The number of carboxylic acids is 1. The molecule has 4 amide bonds. The Kier molecular flexibility index (Phi) is 14.1. The molecular formula is C21H36N8O6S. The third-order valence-electron chi connectivity index (χ3n) is 5.17. The average Bonchev–Trinajstić information content (AvgIpc) is 3.32. The fourth-order valence-corrected chi connectivity index (χ4v) is 3.69. The second-order valence-electron chi connectivity index (χ2n) is 8.15. The maximum absolute atomic E-state index is 13.0. The van der Waals surface area contributed by atoms with Crippen molar-refractivity contribution in [3.8, 4) is 0 Å². The van der Waals surface area contributed by atoms with E-state index < -0.39 is 60.2 Å². The van der Waals surface area contributed by atoms with Gasteiger partial charge in [0, 0.05) is 18.3 Å². The molecule has 4 unspecified atom stereocenters. The van der Waals surface area contributed by atoms with Crippen molar-refractivity contribution >= 4 is 41.4 Å². The number of aromatic amines is 1. The van der Waals surface area contributed by atoms with Crippen molar-refractivity contribution < 1.29 is 29.1 Å². The molecule has 0 aromatic carbocycles. The quantitative estimate of drug-likeness (QED) is 0.0936. The fourth-order valence-electron chi connectivity index (χ4n) is 3.21. The zero-order valence-corrected chi connectivity index (χ0v) is 21.0. The Labute approximate surface area is 213 Å². The molecule has 0 spiro atoms. The van der Waals surface area contributed by atoms with Crippen molar-refractivity contribution in [3.05, 3.63) is 18.2 Å². The van der Waals surface area contributed by atoms with E-state index in [1.54, 1.807) is 0 Å². The smallest absolute Gasteiger partial charge is 0.326 e. The first kappa shape index (κ1) is 30.9. The lowest BCUT2D eigenvalue weighted by Gasteiger charge is -2.25. The normalized spacial score (nSPS) is 14.2. The Morgan fingerprint density at radius 3 is 2.22 bits per heavy atom. The molecule has 0 saturated heterocycles. The molecule has 1 heterocycles. The molecule has 0 aliphatic heterocycles. The largest absolute Gasteiger partial charge is 0.480 e. The number of imidazole rings is 1. The van der Waals surface area contributed by atoms with Gasteiger partial charge in [0.05, 0.1) is 18.8 Å². The number of unbranched alkanes of at least 4 members (excludes halogenated alkanes) is 1. The van der Waals surface area contributed by atoms with Gasteiger partial charge >= 0.3 is 5.97 Å². The zero-order valence-electron chi connectivity index (χ0n) is 20.2. The number of primary amides is 1. The van der Waals surface area contributed by atoms with Gasteiger partial charge in [-0.25, -0.2) is 9.78 Å². The van der Waals surface area contributed by atoms with Gasteiger partial charge in [0.2, 0.25) is 23.6 Å². The monoisotopic (exact) mass is 528 g/mol. The minimum atomic E-state index is -1.39. The number of aliphatic carboxylic acids is 1. The van der Waals surface area contributed by atoms with Crippen LogP contribution in [-0.4, -0.2) is 87.4 Å². The molecule has 14 nitrogen and oxygen atoms in total. The molecule has 11 N–H and O–H groups in total. The van der Waals surface area contributed by atoms with E-state index in [9.17, 15) is 29.1 Å². The minimum Gasteiger partial charge on any atom is -0.480 e. The summed E-state index contributed by atoms with van der Waals surface area (Å²) in [5, 5.41) is 16.8. The third kappa shape index (κ3) is 11.5. The van der Waals surface area contributed by atoms with E-state index in [1.165, 1.54) is 24.3 Å². The van der Waals surface area contributed by atoms with E-state index in [2.05, 4.69) is 25.9 Å². The predicted molar refractivity (Wildman–Crippen MR) is 133 cm³/mol. The molecule has 1 aromatic rings. The van der Waals surface area contributed by atoms with Crippen LogP contribution in [0.1, 0.15) is 37.8 Å². The molecule has 1 rings (SSSR count). The highest BCUT2D eigenvalue weighted by atomic mass is 32.2. The van der Waals surface area contributed by atoms with Crippen molar-refractivity contribution in [2.75, 3.05) is 18.6 Å².